The molecule has 1 aliphatic heterocycles. The third kappa shape index (κ3) is 33.4. The second-order valence-electron chi connectivity index (χ2n) is 24.8. The molecule has 1 aromatic rings. The SMILES string of the molecule is CCC(C)C1NC(=O)C(CCCN=C(N)N)NC(=O)CC/C=C\CN([C@@H](C)C(=O)N[C@@H](CCCN=C(N)N)C(=O)N[C@@H](CC(C)C)C(=O)N[C@@H](CCC(=O)O)C(=O)N[C@@H](CCC(=O)O)C(=O)N[C@@H](CCCCN)C(=O)N[C@@H](Cc2ccc(O)cc2)C(=O)N[C@@H](CCCCN)C(N)=O)C1=O. The van der Waals surface area contributed by atoms with Gasteiger partial charge in [0.05, 0.1) is 0 Å². The molecule has 0 saturated carbocycles. The molecular weight excluding hydrogens is 1290 g/mol. The van der Waals surface area contributed by atoms with E-state index in [9.17, 15) is 77.6 Å². The molecule has 1 aliphatic rings. The van der Waals surface area contributed by atoms with Gasteiger partial charge in [-0.3, -0.25) is 72.3 Å². The molecule has 35 heteroatoms. The van der Waals surface area contributed by atoms with Crippen LogP contribution in [0.15, 0.2) is 46.4 Å². The Hall–Kier alpha value is -9.67. The Morgan fingerprint density at radius 1 is 0.566 bits per heavy atom. The number of nitrogens with zero attached hydrogens (tertiary/aromatic N) is 3. The molecule has 0 fully saturated rings. The smallest absolute Gasteiger partial charge is 0.303 e. The molecule has 3 unspecified atom stereocenters. The second kappa shape index (κ2) is 45.8. The van der Waals surface area contributed by atoms with Crippen molar-refractivity contribution in [2.24, 2.45) is 62.0 Å². The fourth-order valence-corrected chi connectivity index (χ4v) is 10.3. The van der Waals surface area contributed by atoms with Crippen molar-refractivity contribution in [1.29, 1.82) is 0 Å². The van der Waals surface area contributed by atoms with Gasteiger partial charge >= 0.3 is 11.9 Å². The molecule has 99 heavy (non-hydrogen) atoms. The van der Waals surface area contributed by atoms with Crippen LogP contribution in [0.2, 0.25) is 0 Å². The standard InChI is InChI=1S/C64H107N19O16/c1-6-37(4)52-62(99)83(33-13-7-8-20-49(85)74-42(59(96)82-52)18-14-31-72-63(68)69)38(5)54(91)76-44(19-15-32-73-64(70)71)56(93)80-47(34-36(2)3)60(97)79-46(26-28-51(88)89)58(95)78-45(25-27-50(86)87)57(94)77-43(17-10-12-30-66)55(92)81-48(35-39-21-23-40(84)24-22-39)61(98)75-41(53(67)90)16-9-11-29-65/h7,13,21-24,36-38,41-48,52,84H,6,8-12,14-20,25-35,65-66H2,1-5H3,(H2,67,90)(H,74,85)(H,75,98)(H,76,91)(H,77,94)(H,78,95)(H,79,97)(H,80,93)(H,81,92)(H,82,96)(H,86,87)(H,88,89)(H4,68,69,72)(H4,70,71,73)/b13-7-/t37?,38-,41-,42?,43-,44-,45-,46-,47-,48-,52?/m0/s1. The monoisotopic (exact) mass is 1400 g/mol. The Balaban J connectivity index is 2.60. The van der Waals surface area contributed by atoms with Crippen LogP contribution in [-0.2, 0) is 68.7 Å². The van der Waals surface area contributed by atoms with Crippen LogP contribution in [0.25, 0.3) is 0 Å². The lowest BCUT2D eigenvalue weighted by Gasteiger charge is -2.34. The van der Waals surface area contributed by atoms with E-state index < -0.39 is 169 Å². The number of hydrogen-bond donors (Lipinski definition) is 19. The topological polar surface area (TPSA) is 601 Å². The van der Waals surface area contributed by atoms with Crippen LogP contribution in [0.5, 0.6) is 5.75 Å². The Morgan fingerprint density at radius 2 is 1.01 bits per heavy atom. The van der Waals surface area contributed by atoms with E-state index in [4.69, 9.17) is 40.1 Å². The molecule has 11 atom stereocenters. The summed E-state index contributed by atoms with van der Waals surface area (Å²) in [6.45, 7) is 8.73. The molecule has 554 valence electrons. The fourth-order valence-electron chi connectivity index (χ4n) is 10.3. The number of carboxylic acids is 2. The van der Waals surface area contributed by atoms with E-state index in [0.29, 0.717) is 44.2 Å². The number of aromatic hydroxyl groups is 1. The molecule has 2 rings (SSSR count). The van der Waals surface area contributed by atoms with Gasteiger partial charge in [-0.25, -0.2) is 0 Å². The minimum absolute atomic E-state index is 0.0250. The quantitative estimate of drug-likeness (QED) is 0.0131. The number of allylic oxidation sites excluding steroid dienone is 1. The van der Waals surface area contributed by atoms with Crippen molar-refractivity contribution in [3.05, 3.63) is 42.0 Å². The van der Waals surface area contributed by atoms with Gasteiger partial charge in [0.25, 0.3) is 0 Å². The molecule has 0 saturated heterocycles. The van der Waals surface area contributed by atoms with Crippen molar-refractivity contribution >= 4 is 88.8 Å². The summed E-state index contributed by atoms with van der Waals surface area (Å²) < 4.78 is 0. The van der Waals surface area contributed by atoms with Gasteiger partial charge in [0.1, 0.15) is 66.2 Å². The number of carbonyl (C=O) groups is 13. The number of unbranched alkanes of at least 4 members (excludes halogenated alkanes) is 2. The zero-order chi connectivity index (χ0) is 74.3. The number of aliphatic carboxylic acids is 2. The fraction of sp³-hybridized carbons (Fsp3) is 0.641. The Labute approximate surface area is 576 Å². The first kappa shape index (κ1) is 85.4. The lowest BCUT2D eigenvalue weighted by molar-refractivity contribution is -0.144. The van der Waals surface area contributed by atoms with Crippen LogP contribution in [0, 0.1) is 11.8 Å². The zero-order valence-electron chi connectivity index (χ0n) is 57.4. The summed E-state index contributed by atoms with van der Waals surface area (Å²) in [5.74, 6) is -13.8. The number of rotatable bonds is 44. The van der Waals surface area contributed by atoms with Crippen molar-refractivity contribution in [2.45, 2.75) is 217 Å². The van der Waals surface area contributed by atoms with E-state index in [1.807, 2.05) is 0 Å². The van der Waals surface area contributed by atoms with Gasteiger partial charge in [0.2, 0.25) is 65.0 Å². The second-order valence-corrected chi connectivity index (χ2v) is 24.8. The number of guanidine groups is 2. The Morgan fingerprint density at radius 3 is 1.49 bits per heavy atom. The van der Waals surface area contributed by atoms with Crippen LogP contribution in [0.3, 0.4) is 0 Å². The first-order valence-electron chi connectivity index (χ1n) is 33.5. The number of phenols is 1. The maximum Gasteiger partial charge on any atom is 0.303 e. The molecule has 0 bridgehead atoms. The molecule has 0 aromatic heterocycles. The van der Waals surface area contributed by atoms with Crippen molar-refractivity contribution in [2.75, 3.05) is 32.7 Å². The summed E-state index contributed by atoms with van der Waals surface area (Å²) in [6.07, 6.45) is 2.54. The Kier molecular flexibility index (Phi) is 39.5. The summed E-state index contributed by atoms with van der Waals surface area (Å²) in [4.78, 5) is 188. The highest BCUT2D eigenvalue weighted by Gasteiger charge is 2.39. The largest absolute Gasteiger partial charge is 0.508 e. The average molecular weight is 1400 g/mol. The summed E-state index contributed by atoms with van der Waals surface area (Å²) in [6, 6.07) is -8.66. The number of carboxylic acid groups (broad SMARTS) is 2. The van der Waals surface area contributed by atoms with Crippen molar-refractivity contribution in [3.8, 4) is 5.75 Å². The number of amides is 11. The van der Waals surface area contributed by atoms with E-state index in [2.05, 4.69) is 57.8 Å². The van der Waals surface area contributed by atoms with Crippen LogP contribution in [-0.4, -0.2) is 202 Å². The van der Waals surface area contributed by atoms with Gasteiger partial charge < -0.3 is 108 Å². The van der Waals surface area contributed by atoms with E-state index in [0.717, 1.165) is 0 Å². The number of nitrogens with one attached hydrogen (secondary N) is 9. The number of carbonyl (C=O) groups excluding carboxylic acids is 11. The zero-order valence-corrected chi connectivity index (χ0v) is 57.4. The third-order valence-electron chi connectivity index (χ3n) is 16.2. The lowest BCUT2D eigenvalue weighted by Crippen LogP contribution is -2.61. The number of hydrogen-bond acceptors (Lipinski definition) is 18. The molecule has 0 spiro atoms. The summed E-state index contributed by atoms with van der Waals surface area (Å²) in [5, 5.41) is 53.0. The number of phenolic OH excluding ortho intramolecular Hbond substituents is 1. The molecular formula is C64H107N19O16. The lowest BCUT2D eigenvalue weighted by atomic mass is 9.96. The first-order valence-corrected chi connectivity index (χ1v) is 33.5. The maximum absolute atomic E-state index is 14.8. The summed E-state index contributed by atoms with van der Waals surface area (Å²) >= 11 is 0. The minimum Gasteiger partial charge on any atom is -0.508 e. The number of primary amides is 1. The van der Waals surface area contributed by atoms with Gasteiger partial charge in [0.15, 0.2) is 11.9 Å². The van der Waals surface area contributed by atoms with Gasteiger partial charge in [-0.15, -0.1) is 0 Å². The van der Waals surface area contributed by atoms with Crippen LogP contribution in [0.1, 0.15) is 156 Å². The van der Waals surface area contributed by atoms with Crippen molar-refractivity contribution in [1.82, 2.24) is 52.8 Å². The average Bonchev–Trinajstić information content (AvgIpc) is 1.35. The van der Waals surface area contributed by atoms with E-state index in [1.54, 1.807) is 39.8 Å². The number of aliphatic imine (C=N–C) groups is 2. The normalized spacial score (nSPS) is 17.3. The van der Waals surface area contributed by atoms with Gasteiger partial charge in [0, 0.05) is 45.3 Å². The number of benzene rings is 1. The molecule has 35 nitrogen and oxygen atoms in total. The highest BCUT2D eigenvalue weighted by Crippen LogP contribution is 2.18. The van der Waals surface area contributed by atoms with Crippen LogP contribution >= 0.6 is 0 Å². The van der Waals surface area contributed by atoms with E-state index >= 15 is 0 Å². The molecule has 0 aliphatic carbocycles. The number of nitrogens with two attached hydrogens (primary N) is 7. The molecule has 11 amide bonds. The predicted octanol–water partition coefficient (Wildman–Crippen LogP) is -3.46. The predicted molar refractivity (Wildman–Crippen MR) is 366 cm³/mol. The molecule has 0 radical (unpaired) electrons. The van der Waals surface area contributed by atoms with Crippen LogP contribution < -0.4 is 88.0 Å². The van der Waals surface area contributed by atoms with Gasteiger partial charge in [-0.2, -0.15) is 0 Å². The van der Waals surface area contributed by atoms with Gasteiger partial charge in [-0.05, 0) is 139 Å². The highest BCUT2D eigenvalue weighted by atomic mass is 16.4. The molecule has 1 heterocycles. The maximum atomic E-state index is 14.8. The van der Waals surface area contributed by atoms with E-state index in [1.165, 1.54) is 36.1 Å². The van der Waals surface area contributed by atoms with Crippen molar-refractivity contribution < 1.29 is 77.6 Å². The Bertz CT molecular complexity index is 2940. The molecule has 26 N–H and O–H groups in total. The summed E-state index contributed by atoms with van der Waals surface area (Å²) in [7, 11) is 0. The van der Waals surface area contributed by atoms with Crippen molar-refractivity contribution in [3.63, 3.8) is 0 Å². The molecule has 1 aromatic carbocycles. The third-order valence-corrected chi connectivity index (χ3v) is 16.2. The minimum atomic E-state index is -1.79. The van der Waals surface area contributed by atoms with Gasteiger partial charge in [-0.1, -0.05) is 58.4 Å². The summed E-state index contributed by atoms with van der Waals surface area (Å²) in [5.41, 5.74) is 39.6. The van der Waals surface area contributed by atoms with Crippen LogP contribution in [0.4, 0.5) is 0 Å². The van der Waals surface area contributed by atoms with E-state index in [-0.39, 0.29) is 114 Å². The highest BCUT2D eigenvalue weighted by molar-refractivity contribution is 5.99. The first-order chi connectivity index (χ1) is 46.8.